The number of thioether (sulfide) groups is 1. The Kier molecular flexibility index (Phi) is 2.57. The maximum atomic E-state index is 11.4. The zero-order chi connectivity index (χ0) is 11.1. The van der Waals surface area contributed by atoms with Crippen LogP contribution in [0.2, 0.25) is 0 Å². The van der Waals surface area contributed by atoms with E-state index in [1.54, 1.807) is 11.3 Å². The van der Waals surface area contributed by atoms with Gasteiger partial charge in [-0.2, -0.15) is 0 Å². The SMILES string of the molecule is O=C1NC(=S)S/C1=C\c1csc(C2CC2)n1. The van der Waals surface area contributed by atoms with E-state index < -0.39 is 0 Å². The van der Waals surface area contributed by atoms with E-state index in [-0.39, 0.29) is 5.91 Å². The van der Waals surface area contributed by atoms with Crippen molar-refractivity contribution in [1.29, 1.82) is 0 Å². The van der Waals surface area contributed by atoms with Crippen LogP contribution in [0.15, 0.2) is 10.3 Å². The molecule has 3 rings (SSSR count). The molecule has 1 aliphatic carbocycles. The number of carbonyl (C=O) groups is 1. The number of nitrogens with zero attached hydrogens (tertiary/aromatic N) is 1. The molecule has 2 fully saturated rings. The van der Waals surface area contributed by atoms with Crippen molar-refractivity contribution in [3.63, 3.8) is 0 Å². The average Bonchev–Trinajstić information content (AvgIpc) is 2.91. The molecule has 1 amide bonds. The Morgan fingerprint density at radius 2 is 2.38 bits per heavy atom. The molecule has 2 aliphatic rings. The van der Waals surface area contributed by atoms with Gasteiger partial charge in [0.2, 0.25) is 0 Å². The third-order valence-electron chi connectivity index (χ3n) is 2.39. The van der Waals surface area contributed by atoms with E-state index in [4.69, 9.17) is 12.2 Å². The Labute approximate surface area is 106 Å². The predicted molar refractivity (Wildman–Crippen MR) is 70.4 cm³/mol. The number of nitrogens with one attached hydrogen (secondary N) is 1. The Hall–Kier alpha value is -0.720. The molecule has 16 heavy (non-hydrogen) atoms. The zero-order valence-corrected chi connectivity index (χ0v) is 10.7. The van der Waals surface area contributed by atoms with Gasteiger partial charge in [0.1, 0.15) is 4.32 Å². The summed E-state index contributed by atoms with van der Waals surface area (Å²) in [5.41, 5.74) is 0.870. The minimum Gasteiger partial charge on any atom is -0.307 e. The predicted octanol–water partition coefficient (Wildman–Crippen LogP) is 2.51. The van der Waals surface area contributed by atoms with Crippen molar-refractivity contribution < 1.29 is 4.79 Å². The Morgan fingerprint density at radius 3 is 3.00 bits per heavy atom. The minimum atomic E-state index is -0.115. The van der Waals surface area contributed by atoms with Crippen molar-refractivity contribution >= 4 is 51.6 Å². The molecule has 3 nitrogen and oxygen atoms in total. The van der Waals surface area contributed by atoms with Crippen LogP contribution in [0.5, 0.6) is 0 Å². The van der Waals surface area contributed by atoms with E-state index in [1.165, 1.54) is 29.6 Å². The monoisotopic (exact) mass is 268 g/mol. The van der Waals surface area contributed by atoms with Crippen molar-refractivity contribution in [2.24, 2.45) is 0 Å². The van der Waals surface area contributed by atoms with E-state index in [2.05, 4.69) is 10.3 Å². The standard InChI is InChI=1S/C10H8N2OS3/c13-8-7(16-10(14)12-8)3-6-4-15-9(11-6)5-1-2-5/h3-5H,1-2H2,(H,12,13,14)/b7-3-. The van der Waals surface area contributed by atoms with Crippen LogP contribution < -0.4 is 5.32 Å². The highest BCUT2D eigenvalue weighted by Gasteiger charge is 2.27. The second-order valence-electron chi connectivity index (χ2n) is 3.74. The van der Waals surface area contributed by atoms with Crippen LogP contribution in [0.3, 0.4) is 0 Å². The number of hydrogen-bond donors (Lipinski definition) is 1. The number of thiocarbonyl (C=S) groups is 1. The summed E-state index contributed by atoms with van der Waals surface area (Å²) >= 11 is 7.89. The summed E-state index contributed by atoms with van der Waals surface area (Å²) in [4.78, 5) is 16.6. The van der Waals surface area contributed by atoms with Crippen LogP contribution in [0.1, 0.15) is 29.5 Å². The third-order valence-corrected chi connectivity index (χ3v) is 4.58. The van der Waals surface area contributed by atoms with Gasteiger partial charge in [0.15, 0.2) is 0 Å². The molecule has 6 heteroatoms. The summed E-state index contributed by atoms with van der Waals surface area (Å²) in [6.07, 6.45) is 4.31. The van der Waals surface area contributed by atoms with Gasteiger partial charge in [0.05, 0.1) is 15.6 Å². The fraction of sp³-hybridized carbons (Fsp3) is 0.300. The Bertz CT molecular complexity index is 502. The highest BCUT2D eigenvalue weighted by Crippen LogP contribution is 2.41. The lowest BCUT2D eigenvalue weighted by Crippen LogP contribution is -2.17. The van der Waals surface area contributed by atoms with Gasteiger partial charge in [0, 0.05) is 11.3 Å². The van der Waals surface area contributed by atoms with Gasteiger partial charge in [-0.25, -0.2) is 4.98 Å². The molecule has 2 heterocycles. The normalized spacial score (nSPS) is 22.9. The van der Waals surface area contributed by atoms with Crippen molar-refractivity contribution in [2.75, 3.05) is 0 Å². The molecule has 0 unspecified atom stereocenters. The van der Waals surface area contributed by atoms with Gasteiger partial charge in [-0.15, -0.1) is 11.3 Å². The molecule has 82 valence electrons. The number of aromatic nitrogens is 1. The molecule has 1 saturated carbocycles. The summed E-state index contributed by atoms with van der Waals surface area (Å²) in [7, 11) is 0. The van der Waals surface area contributed by atoms with E-state index in [1.807, 2.05) is 11.5 Å². The third kappa shape index (κ3) is 2.05. The summed E-state index contributed by atoms with van der Waals surface area (Å²) in [6.45, 7) is 0. The first-order valence-corrected chi connectivity index (χ1v) is 7.03. The summed E-state index contributed by atoms with van der Waals surface area (Å²) in [5, 5.41) is 5.78. The molecule has 1 N–H and O–H groups in total. The quantitative estimate of drug-likeness (QED) is 0.661. The average molecular weight is 268 g/mol. The molecule has 0 spiro atoms. The molecular weight excluding hydrogens is 260 g/mol. The second kappa shape index (κ2) is 3.94. The molecule has 0 bridgehead atoms. The fourth-order valence-electron chi connectivity index (χ4n) is 1.44. The summed E-state index contributed by atoms with van der Waals surface area (Å²) in [5.74, 6) is 0.555. The minimum absolute atomic E-state index is 0.115. The molecule has 0 radical (unpaired) electrons. The van der Waals surface area contributed by atoms with Crippen molar-refractivity contribution in [1.82, 2.24) is 10.3 Å². The van der Waals surface area contributed by atoms with E-state index in [0.29, 0.717) is 15.1 Å². The fourth-order valence-corrected chi connectivity index (χ4v) is 3.42. The second-order valence-corrected chi connectivity index (χ2v) is 6.35. The van der Waals surface area contributed by atoms with Gasteiger partial charge in [0.25, 0.3) is 5.91 Å². The van der Waals surface area contributed by atoms with Gasteiger partial charge in [-0.3, -0.25) is 4.79 Å². The smallest absolute Gasteiger partial charge is 0.263 e. The van der Waals surface area contributed by atoms with E-state index in [0.717, 1.165) is 5.69 Å². The molecule has 0 atom stereocenters. The first-order chi connectivity index (χ1) is 7.72. The van der Waals surface area contributed by atoms with Crippen molar-refractivity contribution in [3.05, 3.63) is 21.0 Å². The molecule has 1 aromatic rings. The number of rotatable bonds is 2. The Morgan fingerprint density at radius 1 is 1.56 bits per heavy atom. The van der Waals surface area contributed by atoms with Crippen LogP contribution in [-0.4, -0.2) is 15.2 Å². The summed E-state index contributed by atoms with van der Waals surface area (Å²) in [6, 6.07) is 0. The maximum absolute atomic E-state index is 11.4. The number of hydrogen-bond acceptors (Lipinski definition) is 5. The van der Waals surface area contributed by atoms with Crippen molar-refractivity contribution in [3.8, 4) is 0 Å². The van der Waals surface area contributed by atoms with Gasteiger partial charge in [-0.05, 0) is 18.9 Å². The highest BCUT2D eigenvalue weighted by atomic mass is 32.2. The molecule has 1 aliphatic heterocycles. The van der Waals surface area contributed by atoms with Crippen molar-refractivity contribution in [2.45, 2.75) is 18.8 Å². The summed E-state index contributed by atoms with van der Waals surface area (Å²) < 4.78 is 0.522. The number of amides is 1. The largest absolute Gasteiger partial charge is 0.307 e. The van der Waals surface area contributed by atoms with Gasteiger partial charge in [-0.1, -0.05) is 24.0 Å². The molecule has 0 aromatic carbocycles. The van der Waals surface area contributed by atoms with Crippen LogP contribution in [0, 0.1) is 0 Å². The van der Waals surface area contributed by atoms with Gasteiger partial charge < -0.3 is 5.32 Å². The molecule has 1 saturated heterocycles. The zero-order valence-electron chi connectivity index (χ0n) is 8.23. The number of carbonyl (C=O) groups excluding carboxylic acids is 1. The lowest BCUT2D eigenvalue weighted by molar-refractivity contribution is -0.115. The first kappa shape index (κ1) is 10.4. The molecular formula is C10H8N2OS3. The lowest BCUT2D eigenvalue weighted by Gasteiger charge is -1.89. The Balaban J connectivity index is 1.84. The van der Waals surface area contributed by atoms with Crippen LogP contribution in [-0.2, 0) is 4.79 Å². The van der Waals surface area contributed by atoms with E-state index in [9.17, 15) is 4.79 Å². The maximum Gasteiger partial charge on any atom is 0.263 e. The van der Waals surface area contributed by atoms with E-state index >= 15 is 0 Å². The van der Waals surface area contributed by atoms with Crippen LogP contribution >= 0.6 is 35.3 Å². The van der Waals surface area contributed by atoms with Crippen LogP contribution in [0.25, 0.3) is 6.08 Å². The first-order valence-electron chi connectivity index (χ1n) is 4.92. The van der Waals surface area contributed by atoms with Crippen LogP contribution in [0.4, 0.5) is 0 Å². The highest BCUT2D eigenvalue weighted by molar-refractivity contribution is 8.26. The molecule has 1 aromatic heterocycles. The topological polar surface area (TPSA) is 42.0 Å². The van der Waals surface area contributed by atoms with Gasteiger partial charge >= 0.3 is 0 Å². The number of thiazole rings is 1. The lowest BCUT2D eigenvalue weighted by atomic mass is 10.4.